The van der Waals surface area contributed by atoms with Gasteiger partial charge in [0.15, 0.2) is 0 Å². The largest absolute Gasteiger partial charge is 0.340 e. The molecular weight excluding hydrogens is 130 g/mol. The summed E-state index contributed by atoms with van der Waals surface area (Å²) in [6, 6.07) is 0. The van der Waals surface area contributed by atoms with Crippen LogP contribution in [0.3, 0.4) is 0 Å². The van der Waals surface area contributed by atoms with Crippen molar-refractivity contribution in [3.8, 4) is 0 Å². The summed E-state index contributed by atoms with van der Waals surface area (Å²) in [4.78, 5) is 12.5. The summed E-state index contributed by atoms with van der Waals surface area (Å²) < 4.78 is 0. The van der Waals surface area contributed by atoms with E-state index < -0.39 is 0 Å². The predicted octanol–water partition coefficient (Wildman–Crippen LogP) is -0.172. The van der Waals surface area contributed by atoms with Gasteiger partial charge in [-0.3, -0.25) is 4.98 Å². The number of nitrogens with one attached hydrogen (secondary N) is 2. The highest BCUT2D eigenvalue weighted by Crippen LogP contribution is 1.68. The molecule has 1 rings (SSSR count). The quantitative estimate of drug-likeness (QED) is 0.519. The molecule has 0 aliphatic heterocycles. The van der Waals surface area contributed by atoms with Gasteiger partial charge in [-0.2, -0.15) is 5.10 Å². The highest BCUT2D eigenvalue weighted by atomic mass is 35.5. The summed E-state index contributed by atoms with van der Waals surface area (Å²) >= 11 is 0. The number of rotatable bonds is 0. The maximum atomic E-state index is 10.1. The van der Waals surface area contributed by atoms with Crippen LogP contribution in [0.25, 0.3) is 0 Å². The zero-order valence-electron chi connectivity index (χ0n) is 4.26. The first kappa shape index (κ1) is 7.23. The van der Waals surface area contributed by atoms with Crippen molar-refractivity contribution >= 4 is 12.4 Å². The first-order valence-electron chi connectivity index (χ1n) is 1.90. The van der Waals surface area contributed by atoms with Gasteiger partial charge in [0, 0.05) is 0 Å². The third kappa shape index (κ3) is 1.38. The summed E-state index contributed by atoms with van der Waals surface area (Å²) in [6.07, 6.45) is 0. The van der Waals surface area contributed by atoms with Crippen LogP contribution in [-0.4, -0.2) is 15.2 Å². The molecule has 0 aliphatic carbocycles. The molecule has 4 nitrogen and oxygen atoms in total. The van der Waals surface area contributed by atoms with Crippen LogP contribution in [0.1, 0.15) is 5.82 Å². The minimum atomic E-state index is -0.252. The molecule has 0 unspecified atom stereocenters. The molecule has 1 aromatic rings. The van der Waals surface area contributed by atoms with Gasteiger partial charge in [0.2, 0.25) is 0 Å². The molecule has 0 saturated heterocycles. The Morgan fingerprint density at radius 1 is 1.62 bits per heavy atom. The average molecular weight is 136 g/mol. The van der Waals surface area contributed by atoms with Crippen LogP contribution in [-0.2, 0) is 0 Å². The SMILES string of the molecule is Cc1n[nH]c(=O)[nH]1.Cl. The monoisotopic (exact) mass is 135 g/mol. The molecule has 5 heteroatoms. The van der Waals surface area contributed by atoms with Crippen LogP contribution in [0.2, 0.25) is 0 Å². The van der Waals surface area contributed by atoms with Crippen molar-refractivity contribution in [3.63, 3.8) is 0 Å². The van der Waals surface area contributed by atoms with Gasteiger partial charge in [-0.05, 0) is 6.92 Å². The average Bonchev–Trinajstić information content (AvgIpc) is 1.87. The minimum Gasteiger partial charge on any atom is -0.293 e. The van der Waals surface area contributed by atoms with Crippen molar-refractivity contribution in [2.24, 2.45) is 0 Å². The third-order valence-corrected chi connectivity index (χ3v) is 0.620. The van der Waals surface area contributed by atoms with E-state index in [-0.39, 0.29) is 18.1 Å². The van der Waals surface area contributed by atoms with Crippen LogP contribution in [0.15, 0.2) is 4.79 Å². The van der Waals surface area contributed by atoms with Crippen LogP contribution in [0.5, 0.6) is 0 Å². The van der Waals surface area contributed by atoms with Crippen LogP contribution < -0.4 is 5.69 Å². The summed E-state index contributed by atoms with van der Waals surface area (Å²) in [5.74, 6) is 0.616. The van der Waals surface area contributed by atoms with Gasteiger partial charge in [-0.1, -0.05) is 0 Å². The molecule has 8 heavy (non-hydrogen) atoms. The number of aromatic nitrogens is 3. The molecule has 0 atom stereocenters. The topological polar surface area (TPSA) is 61.5 Å². The lowest BCUT2D eigenvalue weighted by molar-refractivity contribution is 1.02. The Morgan fingerprint density at radius 2 is 2.25 bits per heavy atom. The number of hydrogen-bond donors (Lipinski definition) is 2. The number of aromatic amines is 2. The molecule has 0 aromatic carbocycles. The summed E-state index contributed by atoms with van der Waals surface area (Å²) in [7, 11) is 0. The van der Waals surface area contributed by atoms with Crippen molar-refractivity contribution in [1.82, 2.24) is 15.2 Å². The lowest BCUT2D eigenvalue weighted by Crippen LogP contribution is -2.00. The Kier molecular flexibility index (Phi) is 2.27. The van der Waals surface area contributed by atoms with E-state index in [0.717, 1.165) is 0 Å². The van der Waals surface area contributed by atoms with Gasteiger partial charge < -0.3 is 0 Å². The zero-order valence-corrected chi connectivity index (χ0v) is 5.08. The second-order valence-electron chi connectivity index (χ2n) is 1.26. The second kappa shape index (κ2) is 2.52. The van der Waals surface area contributed by atoms with Crippen molar-refractivity contribution in [1.29, 1.82) is 0 Å². The Balaban J connectivity index is 0.000000490. The summed E-state index contributed by atoms with van der Waals surface area (Å²) in [5.41, 5.74) is -0.252. The second-order valence-corrected chi connectivity index (χ2v) is 1.26. The summed E-state index contributed by atoms with van der Waals surface area (Å²) in [6.45, 7) is 1.71. The van der Waals surface area contributed by atoms with Crippen molar-refractivity contribution < 1.29 is 0 Å². The van der Waals surface area contributed by atoms with Gasteiger partial charge >= 0.3 is 5.69 Å². The number of hydrogen-bond acceptors (Lipinski definition) is 2. The van der Waals surface area contributed by atoms with Gasteiger partial charge in [0.25, 0.3) is 0 Å². The molecule has 0 bridgehead atoms. The summed E-state index contributed by atoms with van der Waals surface area (Å²) in [5, 5.41) is 5.73. The molecule has 0 aliphatic rings. The molecule has 0 saturated carbocycles. The van der Waals surface area contributed by atoms with Gasteiger partial charge in [0.05, 0.1) is 0 Å². The van der Waals surface area contributed by atoms with E-state index in [4.69, 9.17) is 0 Å². The molecule has 0 amide bonds. The van der Waals surface area contributed by atoms with E-state index in [0.29, 0.717) is 5.82 Å². The normalized spacial score (nSPS) is 8.12. The third-order valence-electron chi connectivity index (χ3n) is 0.620. The predicted molar refractivity (Wildman–Crippen MR) is 31.2 cm³/mol. The lowest BCUT2D eigenvalue weighted by atomic mass is 10.8. The first-order chi connectivity index (χ1) is 3.29. The smallest absolute Gasteiger partial charge is 0.293 e. The highest BCUT2D eigenvalue weighted by Gasteiger charge is 1.82. The van der Waals surface area contributed by atoms with E-state index in [2.05, 4.69) is 15.2 Å². The molecule has 2 N–H and O–H groups in total. The molecule has 0 spiro atoms. The van der Waals surface area contributed by atoms with Gasteiger partial charge in [-0.25, -0.2) is 9.89 Å². The van der Waals surface area contributed by atoms with E-state index >= 15 is 0 Å². The Labute approximate surface area is 51.7 Å². The first-order valence-corrected chi connectivity index (χ1v) is 1.90. The van der Waals surface area contributed by atoms with Crippen molar-refractivity contribution in [3.05, 3.63) is 16.3 Å². The van der Waals surface area contributed by atoms with E-state index in [1.165, 1.54) is 0 Å². The van der Waals surface area contributed by atoms with E-state index in [1.807, 2.05) is 0 Å². The Morgan fingerprint density at radius 3 is 2.38 bits per heavy atom. The Bertz CT molecular complexity index is 202. The van der Waals surface area contributed by atoms with E-state index in [9.17, 15) is 4.79 Å². The van der Waals surface area contributed by atoms with Gasteiger partial charge in [-0.15, -0.1) is 12.4 Å². The van der Waals surface area contributed by atoms with Crippen LogP contribution in [0, 0.1) is 6.92 Å². The zero-order chi connectivity index (χ0) is 5.28. The highest BCUT2D eigenvalue weighted by molar-refractivity contribution is 5.85. The molecule has 46 valence electrons. The maximum absolute atomic E-state index is 10.1. The fourth-order valence-electron chi connectivity index (χ4n) is 0.355. The maximum Gasteiger partial charge on any atom is 0.340 e. The van der Waals surface area contributed by atoms with Gasteiger partial charge in [0.1, 0.15) is 5.82 Å². The van der Waals surface area contributed by atoms with Crippen LogP contribution in [0.4, 0.5) is 0 Å². The number of H-pyrrole nitrogens is 2. The lowest BCUT2D eigenvalue weighted by Gasteiger charge is -1.65. The molecular formula is C3H6ClN3O. The fourth-order valence-corrected chi connectivity index (χ4v) is 0.355. The Hall–Kier alpha value is -0.770. The number of nitrogens with zero attached hydrogens (tertiary/aromatic N) is 1. The number of halogens is 1. The standard InChI is InChI=1S/C3H5N3O.ClH/c1-2-4-3(7)6-5-2;/h1H3,(H2,4,5,6,7);1H. The molecule has 0 radical (unpaired) electrons. The van der Waals surface area contributed by atoms with E-state index in [1.54, 1.807) is 6.92 Å². The molecule has 0 fully saturated rings. The molecule has 1 aromatic heterocycles. The number of aryl methyl sites for hydroxylation is 1. The van der Waals surface area contributed by atoms with Crippen molar-refractivity contribution in [2.75, 3.05) is 0 Å². The van der Waals surface area contributed by atoms with Crippen molar-refractivity contribution in [2.45, 2.75) is 6.92 Å². The molecule has 1 heterocycles. The minimum absolute atomic E-state index is 0. The van der Waals surface area contributed by atoms with Crippen LogP contribution >= 0.6 is 12.4 Å². The fraction of sp³-hybridized carbons (Fsp3) is 0.333.